The highest BCUT2D eigenvalue weighted by Gasteiger charge is 2.22. The van der Waals surface area contributed by atoms with Crippen LogP contribution in [0, 0.1) is 6.92 Å². The molecule has 5 nitrogen and oxygen atoms in total. The molecule has 2 aromatic rings. The third kappa shape index (κ3) is 2.50. The first-order valence-corrected chi connectivity index (χ1v) is 7.12. The van der Waals surface area contributed by atoms with Crippen molar-refractivity contribution < 1.29 is 0 Å². The molecule has 1 unspecified atom stereocenters. The van der Waals surface area contributed by atoms with E-state index in [2.05, 4.69) is 55.1 Å². The molecule has 6 heteroatoms. The topological polar surface area (TPSA) is 70.8 Å². The maximum Gasteiger partial charge on any atom is 0.245 e. The highest BCUT2D eigenvalue weighted by Crippen LogP contribution is 2.25. The summed E-state index contributed by atoms with van der Waals surface area (Å²) in [5.74, 6) is 1.54. The summed E-state index contributed by atoms with van der Waals surface area (Å²) in [5.41, 5.74) is 8.15. The number of benzene rings is 1. The number of hydrogen-bond donors (Lipinski definition) is 2. The van der Waals surface area contributed by atoms with Crippen LogP contribution in [0.25, 0.3) is 11.4 Å². The molecule has 0 saturated carbocycles. The van der Waals surface area contributed by atoms with Crippen molar-refractivity contribution >= 4 is 21.9 Å². The SMILES string of the molecule is Cc1ccc(Br)cc1-c1nc(N2CCC(N)C2)n[nH]1. The summed E-state index contributed by atoms with van der Waals surface area (Å²) < 4.78 is 1.04. The van der Waals surface area contributed by atoms with Crippen molar-refractivity contribution in [1.29, 1.82) is 0 Å². The Kier molecular flexibility index (Phi) is 3.28. The average Bonchev–Trinajstić information content (AvgIpc) is 3.00. The predicted octanol–water partition coefficient (Wildman–Crippen LogP) is 2.08. The number of rotatable bonds is 2. The minimum atomic E-state index is 0.231. The fourth-order valence-corrected chi connectivity index (χ4v) is 2.69. The van der Waals surface area contributed by atoms with Crippen LogP contribution in [0.3, 0.4) is 0 Å². The fraction of sp³-hybridized carbons (Fsp3) is 0.385. The van der Waals surface area contributed by atoms with E-state index < -0.39 is 0 Å². The third-order valence-electron chi connectivity index (χ3n) is 3.44. The Balaban J connectivity index is 1.90. The molecule has 3 rings (SSSR count). The van der Waals surface area contributed by atoms with Gasteiger partial charge in [0.1, 0.15) is 0 Å². The number of halogens is 1. The van der Waals surface area contributed by atoms with Gasteiger partial charge in [-0.1, -0.05) is 22.0 Å². The van der Waals surface area contributed by atoms with Gasteiger partial charge in [-0.2, -0.15) is 4.98 Å². The Morgan fingerprint density at radius 2 is 2.32 bits per heavy atom. The monoisotopic (exact) mass is 321 g/mol. The van der Waals surface area contributed by atoms with Gasteiger partial charge in [-0.05, 0) is 31.0 Å². The first-order valence-electron chi connectivity index (χ1n) is 6.33. The standard InChI is InChI=1S/C13H16BrN5/c1-8-2-3-9(14)6-11(8)12-16-13(18-17-12)19-5-4-10(15)7-19/h2-3,6,10H,4-5,7,15H2,1H3,(H,16,17,18). The Labute approximate surface area is 120 Å². The Morgan fingerprint density at radius 1 is 1.47 bits per heavy atom. The smallest absolute Gasteiger partial charge is 0.245 e. The number of nitrogens with one attached hydrogen (secondary N) is 1. The lowest BCUT2D eigenvalue weighted by Gasteiger charge is -2.11. The number of nitrogens with two attached hydrogens (primary N) is 1. The maximum atomic E-state index is 5.91. The molecule has 1 aliphatic heterocycles. The molecule has 0 radical (unpaired) electrons. The number of aryl methyl sites for hydroxylation is 1. The molecule has 0 bridgehead atoms. The molecule has 100 valence electrons. The second-order valence-electron chi connectivity index (χ2n) is 4.94. The van der Waals surface area contributed by atoms with Crippen LogP contribution in [-0.2, 0) is 0 Å². The number of nitrogens with zero attached hydrogens (tertiary/aromatic N) is 3. The molecular weight excluding hydrogens is 306 g/mol. The second kappa shape index (κ2) is 4.94. The van der Waals surface area contributed by atoms with Gasteiger partial charge in [0.25, 0.3) is 0 Å². The summed E-state index contributed by atoms with van der Waals surface area (Å²) in [5, 5.41) is 7.32. The van der Waals surface area contributed by atoms with Gasteiger partial charge in [0, 0.05) is 29.2 Å². The fourth-order valence-electron chi connectivity index (χ4n) is 2.33. The first kappa shape index (κ1) is 12.6. The maximum absolute atomic E-state index is 5.91. The first-order chi connectivity index (χ1) is 9.13. The Morgan fingerprint density at radius 3 is 3.05 bits per heavy atom. The van der Waals surface area contributed by atoms with Crippen LogP contribution in [0.2, 0.25) is 0 Å². The lowest BCUT2D eigenvalue weighted by atomic mass is 10.1. The minimum absolute atomic E-state index is 0.231. The number of aromatic nitrogens is 3. The van der Waals surface area contributed by atoms with E-state index in [1.54, 1.807) is 0 Å². The molecule has 1 atom stereocenters. The molecule has 3 N–H and O–H groups in total. The summed E-state index contributed by atoms with van der Waals surface area (Å²) in [4.78, 5) is 6.70. The van der Waals surface area contributed by atoms with Crippen molar-refractivity contribution in [3.63, 3.8) is 0 Å². The van der Waals surface area contributed by atoms with E-state index >= 15 is 0 Å². The quantitative estimate of drug-likeness (QED) is 0.888. The van der Waals surface area contributed by atoms with Gasteiger partial charge in [-0.3, -0.25) is 5.10 Å². The summed E-state index contributed by atoms with van der Waals surface area (Å²) in [6, 6.07) is 6.37. The normalized spacial score (nSPS) is 19.1. The molecule has 1 aliphatic rings. The lowest BCUT2D eigenvalue weighted by Crippen LogP contribution is -2.26. The van der Waals surface area contributed by atoms with Gasteiger partial charge in [0.05, 0.1) is 0 Å². The van der Waals surface area contributed by atoms with Crippen LogP contribution in [-0.4, -0.2) is 34.3 Å². The van der Waals surface area contributed by atoms with E-state index in [-0.39, 0.29) is 6.04 Å². The summed E-state index contributed by atoms with van der Waals surface area (Å²) in [6.45, 7) is 3.82. The van der Waals surface area contributed by atoms with Crippen LogP contribution in [0.1, 0.15) is 12.0 Å². The lowest BCUT2D eigenvalue weighted by molar-refractivity contribution is 0.750. The number of H-pyrrole nitrogens is 1. The third-order valence-corrected chi connectivity index (χ3v) is 3.93. The van der Waals surface area contributed by atoms with Gasteiger partial charge in [0.15, 0.2) is 5.82 Å². The molecule has 1 saturated heterocycles. The zero-order valence-electron chi connectivity index (χ0n) is 10.7. The van der Waals surface area contributed by atoms with E-state index in [1.165, 1.54) is 5.56 Å². The van der Waals surface area contributed by atoms with Crippen LogP contribution in [0.5, 0.6) is 0 Å². The Bertz CT molecular complexity index is 594. The Hall–Kier alpha value is -1.40. The molecule has 0 spiro atoms. The number of anilines is 1. The molecule has 2 heterocycles. The average molecular weight is 322 g/mol. The number of aromatic amines is 1. The van der Waals surface area contributed by atoms with Gasteiger partial charge in [0.2, 0.25) is 5.95 Å². The predicted molar refractivity (Wildman–Crippen MR) is 79.1 cm³/mol. The molecule has 1 aromatic carbocycles. The second-order valence-corrected chi connectivity index (χ2v) is 5.85. The summed E-state index contributed by atoms with van der Waals surface area (Å²) in [6.07, 6.45) is 1.000. The minimum Gasteiger partial charge on any atom is -0.338 e. The number of hydrogen-bond acceptors (Lipinski definition) is 4. The van der Waals surface area contributed by atoms with E-state index in [0.717, 1.165) is 41.3 Å². The summed E-state index contributed by atoms with van der Waals surface area (Å²) >= 11 is 3.49. The van der Waals surface area contributed by atoms with Crippen molar-refractivity contribution in [3.8, 4) is 11.4 Å². The largest absolute Gasteiger partial charge is 0.338 e. The molecule has 0 amide bonds. The molecular formula is C13H16BrN5. The van der Waals surface area contributed by atoms with E-state index in [4.69, 9.17) is 5.73 Å². The molecule has 1 fully saturated rings. The van der Waals surface area contributed by atoms with Gasteiger partial charge < -0.3 is 10.6 Å². The van der Waals surface area contributed by atoms with Crippen molar-refractivity contribution in [2.45, 2.75) is 19.4 Å². The van der Waals surface area contributed by atoms with Crippen molar-refractivity contribution in [2.24, 2.45) is 5.73 Å². The van der Waals surface area contributed by atoms with E-state index in [0.29, 0.717) is 0 Å². The van der Waals surface area contributed by atoms with Gasteiger partial charge in [-0.15, -0.1) is 5.10 Å². The van der Waals surface area contributed by atoms with E-state index in [9.17, 15) is 0 Å². The van der Waals surface area contributed by atoms with E-state index in [1.807, 2.05) is 6.07 Å². The highest BCUT2D eigenvalue weighted by molar-refractivity contribution is 9.10. The van der Waals surface area contributed by atoms with Crippen LogP contribution in [0.15, 0.2) is 22.7 Å². The molecule has 19 heavy (non-hydrogen) atoms. The summed E-state index contributed by atoms with van der Waals surface area (Å²) in [7, 11) is 0. The van der Waals surface area contributed by atoms with Crippen molar-refractivity contribution in [3.05, 3.63) is 28.2 Å². The van der Waals surface area contributed by atoms with Crippen molar-refractivity contribution in [1.82, 2.24) is 15.2 Å². The highest BCUT2D eigenvalue weighted by atomic mass is 79.9. The molecule has 0 aliphatic carbocycles. The molecule has 1 aromatic heterocycles. The zero-order valence-corrected chi connectivity index (χ0v) is 12.3. The van der Waals surface area contributed by atoms with Gasteiger partial charge >= 0.3 is 0 Å². The van der Waals surface area contributed by atoms with Crippen molar-refractivity contribution in [2.75, 3.05) is 18.0 Å². The van der Waals surface area contributed by atoms with Crippen LogP contribution >= 0.6 is 15.9 Å². The van der Waals surface area contributed by atoms with Crippen LogP contribution in [0.4, 0.5) is 5.95 Å². The zero-order chi connectivity index (χ0) is 13.4. The van der Waals surface area contributed by atoms with Gasteiger partial charge in [-0.25, -0.2) is 0 Å². The van der Waals surface area contributed by atoms with Crippen LogP contribution < -0.4 is 10.6 Å².